The second-order valence-corrected chi connectivity index (χ2v) is 5.89. The summed E-state index contributed by atoms with van der Waals surface area (Å²) in [6, 6.07) is 0.818. The SMILES string of the molecule is CCC1CCCCC1Nc1nc(NC)nc(OC(C)C)n1. The van der Waals surface area contributed by atoms with Gasteiger partial charge in [0.25, 0.3) is 0 Å². The van der Waals surface area contributed by atoms with E-state index in [1.165, 1.54) is 32.1 Å². The molecule has 1 aliphatic carbocycles. The molecule has 1 heterocycles. The van der Waals surface area contributed by atoms with Crippen molar-refractivity contribution in [1.29, 1.82) is 0 Å². The Morgan fingerprint density at radius 3 is 2.52 bits per heavy atom. The maximum absolute atomic E-state index is 5.60. The Bertz CT molecular complexity index is 452. The van der Waals surface area contributed by atoms with Crippen LogP contribution in [0.25, 0.3) is 0 Å². The Balaban J connectivity index is 2.13. The van der Waals surface area contributed by atoms with E-state index in [-0.39, 0.29) is 6.10 Å². The zero-order chi connectivity index (χ0) is 15.2. The summed E-state index contributed by atoms with van der Waals surface area (Å²) in [5.41, 5.74) is 0. The molecule has 1 aromatic heterocycles. The Labute approximate surface area is 127 Å². The second-order valence-electron chi connectivity index (χ2n) is 5.89. The first-order valence-electron chi connectivity index (χ1n) is 7.99. The summed E-state index contributed by atoms with van der Waals surface area (Å²) in [7, 11) is 1.80. The fourth-order valence-corrected chi connectivity index (χ4v) is 2.85. The van der Waals surface area contributed by atoms with Crippen molar-refractivity contribution in [1.82, 2.24) is 15.0 Å². The van der Waals surface area contributed by atoms with Crippen molar-refractivity contribution in [3.63, 3.8) is 0 Å². The van der Waals surface area contributed by atoms with Crippen LogP contribution in [0.4, 0.5) is 11.9 Å². The number of anilines is 2. The summed E-state index contributed by atoms with van der Waals surface area (Å²) in [5, 5.41) is 6.45. The van der Waals surface area contributed by atoms with E-state index in [1.54, 1.807) is 7.05 Å². The highest BCUT2D eigenvalue weighted by molar-refractivity contribution is 5.36. The van der Waals surface area contributed by atoms with Gasteiger partial charge in [-0.1, -0.05) is 26.2 Å². The van der Waals surface area contributed by atoms with Gasteiger partial charge >= 0.3 is 6.01 Å². The second kappa shape index (κ2) is 7.43. The quantitative estimate of drug-likeness (QED) is 0.840. The Morgan fingerprint density at radius 2 is 1.86 bits per heavy atom. The van der Waals surface area contributed by atoms with Gasteiger partial charge in [-0.25, -0.2) is 0 Å². The molecule has 2 rings (SSSR count). The lowest BCUT2D eigenvalue weighted by atomic mass is 9.83. The van der Waals surface area contributed by atoms with E-state index >= 15 is 0 Å². The van der Waals surface area contributed by atoms with Gasteiger partial charge in [0.2, 0.25) is 11.9 Å². The predicted octanol–water partition coefficient (Wildman–Crippen LogP) is 3.08. The molecule has 1 saturated carbocycles. The minimum atomic E-state index is 0.0445. The fraction of sp³-hybridized carbons (Fsp3) is 0.800. The topological polar surface area (TPSA) is 72.0 Å². The summed E-state index contributed by atoms with van der Waals surface area (Å²) in [6.07, 6.45) is 6.30. The fourth-order valence-electron chi connectivity index (χ4n) is 2.85. The third kappa shape index (κ3) is 4.44. The third-order valence-corrected chi connectivity index (χ3v) is 3.93. The maximum atomic E-state index is 5.60. The molecule has 6 nitrogen and oxygen atoms in total. The van der Waals surface area contributed by atoms with Crippen LogP contribution in [0.2, 0.25) is 0 Å². The number of nitrogens with one attached hydrogen (secondary N) is 2. The van der Waals surface area contributed by atoms with E-state index in [0.29, 0.717) is 29.9 Å². The molecule has 0 saturated heterocycles. The summed E-state index contributed by atoms with van der Waals surface area (Å²) in [5.74, 6) is 1.84. The molecule has 2 unspecified atom stereocenters. The highest BCUT2D eigenvalue weighted by Crippen LogP contribution is 2.29. The van der Waals surface area contributed by atoms with E-state index in [1.807, 2.05) is 13.8 Å². The van der Waals surface area contributed by atoms with Gasteiger partial charge in [0.05, 0.1) is 6.10 Å². The first-order valence-corrected chi connectivity index (χ1v) is 7.99. The van der Waals surface area contributed by atoms with Crippen molar-refractivity contribution in [3.05, 3.63) is 0 Å². The molecule has 2 N–H and O–H groups in total. The van der Waals surface area contributed by atoms with Crippen molar-refractivity contribution in [3.8, 4) is 6.01 Å². The van der Waals surface area contributed by atoms with Gasteiger partial charge in [-0.05, 0) is 32.6 Å². The van der Waals surface area contributed by atoms with Crippen LogP contribution in [-0.2, 0) is 0 Å². The van der Waals surface area contributed by atoms with Crippen molar-refractivity contribution in [2.24, 2.45) is 5.92 Å². The molecule has 0 amide bonds. The molecule has 0 bridgehead atoms. The zero-order valence-corrected chi connectivity index (χ0v) is 13.5. The summed E-state index contributed by atoms with van der Waals surface area (Å²) in [6.45, 7) is 6.18. The predicted molar refractivity (Wildman–Crippen MR) is 84.8 cm³/mol. The average Bonchev–Trinajstić information content (AvgIpc) is 2.46. The van der Waals surface area contributed by atoms with E-state index < -0.39 is 0 Å². The first kappa shape index (κ1) is 15.8. The molecule has 6 heteroatoms. The summed E-state index contributed by atoms with van der Waals surface area (Å²) >= 11 is 0. The minimum Gasteiger partial charge on any atom is -0.461 e. The zero-order valence-electron chi connectivity index (χ0n) is 13.5. The Morgan fingerprint density at radius 1 is 1.14 bits per heavy atom. The number of aromatic nitrogens is 3. The van der Waals surface area contributed by atoms with Crippen molar-refractivity contribution < 1.29 is 4.74 Å². The monoisotopic (exact) mass is 293 g/mol. The van der Waals surface area contributed by atoms with Gasteiger partial charge in [0.15, 0.2) is 0 Å². The smallest absolute Gasteiger partial charge is 0.323 e. The number of ether oxygens (including phenoxy) is 1. The molecule has 1 aliphatic rings. The van der Waals surface area contributed by atoms with Crippen LogP contribution in [0.5, 0.6) is 6.01 Å². The van der Waals surface area contributed by atoms with Crippen LogP contribution in [-0.4, -0.2) is 34.1 Å². The lowest BCUT2D eigenvalue weighted by Crippen LogP contribution is -2.32. The molecular formula is C15H27N5O. The van der Waals surface area contributed by atoms with Crippen LogP contribution >= 0.6 is 0 Å². The van der Waals surface area contributed by atoms with E-state index in [2.05, 4.69) is 32.5 Å². The van der Waals surface area contributed by atoms with Crippen LogP contribution < -0.4 is 15.4 Å². The van der Waals surface area contributed by atoms with Crippen molar-refractivity contribution in [2.45, 2.75) is 65.0 Å². The van der Waals surface area contributed by atoms with Gasteiger partial charge in [-0.2, -0.15) is 15.0 Å². The van der Waals surface area contributed by atoms with Crippen LogP contribution in [0.15, 0.2) is 0 Å². The Hall–Kier alpha value is -1.59. The lowest BCUT2D eigenvalue weighted by Gasteiger charge is -2.31. The first-order chi connectivity index (χ1) is 10.1. The summed E-state index contributed by atoms with van der Waals surface area (Å²) < 4.78 is 5.60. The maximum Gasteiger partial charge on any atom is 0.323 e. The molecule has 0 radical (unpaired) electrons. The van der Waals surface area contributed by atoms with E-state index in [4.69, 9.17) is 4.74 Å². The van der Waals surface area contributed by atoms with Crippen molar-refractivity contribution in [2.75, 3.05) is 17.7 Å². The third-order valence-electron chi connectivity index (χ3n) is 3.93. The molecule has 21 heavy (non-hydrogen) atoms. The van der Waals surface area contributed by atoms with Gasteiger partial charge < -0.3 is 15.4 Å². The number of hydrogen-bond acceptors (Lipinski definition) is 6. The average molecular weight is 293 g/mol. The standard InChI is InChI=1S/C15H27N5O/c1-5-11-8-6-7-9-12(11)17-14-18-13(16-4)19-15(20-14)21-10(2)3/h10-12H,5-9H2,1-4H3,(H2,16,17,18,19,20). The van der Waals surface area contributed by atoms with Gasteiger partial charge in [-0.15, -0.1) is 0 Å². The molecule has 0 aliphatic heterocycles. The van der Waals surface area contributed by atoms with Crippen LogP contribution in [0.3, 0.4) is 0 Å². The highest BCUT2D eigenvalue weighted by Gasteiger charge is 2.24. The normalized spacial score (nSPS) is 22.1. The molecule has 1 fully saturated rings. The molecule has 118 valence electrons. The van der Waals surface area contributed by atoms with Crippen molar-refractivity contribution >= 4 is 11.9 Å². The van der Waals surface area contributed by atoms with Crippen LogP contribution in [0, 0.1) is 5.92 Å². The molecule has 0 aromatic carbocycles. The molecule has 0 spiro atoms. The van der Waals surface area contributed by atoms with Gasteiger partial charge in [0, 0.05) is 13.1 Å². The summed E-state index contributed by atoms with van der Waals surface area (Å²) in [4.78, 5) is 13.0. The minimum absolute atomic E-state index is 0.0445. The number of hydrogen-bond donors (Lipinski definition) is 2. The number of rotatable bonds is 6. The van der Waals surface area contributed by atoms with E-state index in [0.717, 1.165) is 0 Å². The van der Waals surface area contributed by atoms with Crippen LogP contribution in [0.1, 0.15) is 52.9 Å². The molecule has 2 atom stereocenters. The van der Waals surface area contributed by atoms with E-state index in [9.17, 15) is 0 Å². The molecule has 1 aromatic rings. The van der Waals surface area contributed by atoms with Gasteiger partial charge in [-0.3, -0.25) is 0 Å². The lowest BCUT2D eigenvalue weighted by molar-refractivity contribution is 0.222. The van der Waals surface area contributed by atoms with Gasteiger partial charge in [0.1, 0.15) is 0 Å². The highest BCUT2D eigenvalue weighted by atomic mass is 16.5. The Kier molecular flexibility index (Phi) is 5.59. The number of nitrogens with zero attached hydrogens (tertiary/aromatic N) is 3. The molecular weight excluding hydrogens is 266 g/mol. The largest absolute Gasteiger partial charge is 0.461 e.